The zero-order valence-corrected chi connectivity index (χ0v) is 15.2. The summed E-state index contributed by atoms with van der Waals surface area (Å²) >= 11 is 0. The Balaban J connectivity index is 1.70. The lowest BCUT2D eigenvalue weighted by Crippen LogP contribution is -2.36. The first-order valence-corrected chi connectivity index (χ1v) is 9.72. The lowest BCUT2D eigenvalue weighted by molar-refractivity contribution is -0.122. The largest absolute Gasteiger partial charge is 0.383 e. The van der Waals surface area contributed by atoms with Crippen molar-refractivity contribution in [3.8, 4) is 0 Å². The van der Waals surface area contributed by atoms with Crippen molar-refractivity contribution >= 4 is 32.4 Å². The number of nitrogens with one attached hydrogen (secondary N) is 1. The van der Waals surface area contributed by atoms with Crippen molar-refractivity contribution in [1.82, 2.24) is 5.32 Å². The van der Waals surface area contributed by atoms with E-state index in [4.69, 9.17) is 4.74 Å². The van der Waals surface area contributed by atoms with Crippen molar-refractivity contribution in [2.45, 2.75) is 30.7 Å². The van der Waals surface area contributed by atoms with E-state index in [9.17, 15) is 13.2 Å². The molecular weight excluding hydrogens is 340 g/mol. The number of rotatable bonds is 7. The van der Waals surface area contributed by atoms with Crippen LogP contribution >= 0.6 is 0 Å². The maximum absolute atomic E-state index is 12.8. The van der Waals surface area contributed by atoms with Gasteiger partial charge in [-0.2, -0.15) is 0 Å². The molecule has 1 atom stereocenters. The highest BCUT2D eigenvalue weighted by atomic mass is 32.2. The summed E-state index contributed by atoms with van der Waals surface area (Å²) in [4.78, 5) is 12.3. The van der Waals surface area contributed by atoms with Crippen LogP contribution in [0.5, 0.6) is 0 Å². The lowest BCUT2D eigenvalue weighted by Gasteiger charge is -2.19. The molecule has 0 spiro atoms. The second kappa shape index (κ2) is 7.01. The molecule has 3 rings (SSSR count). The summed E-state index contributed by atoms with van der Waals surface area (Å²) in [6.07, 6.45) is 0.724. The van der Waals surface area contributed by atoms with E-state index < -0.39 is 10.0 Å². The molecule has 0 bridgehead atoms. The number of hydrogen-bond acceptors (Lipinski definition) is 4. The van der Waals surface area contributed by atoms with E-state index in [1.807, 2.05) is 31.2 Å². The van der Waals surface area contributed by atoms with Crippen LogP contribution in [0.1, 0.15) is 19.8 Å². The monoisotopic (exact) mass is 362 g/mol. The molecule has 1 heterocycles. The molecule has 134 valence electrons. The van der Waals surface area contributed by atoms with Crippen molar-refractivity contribution < 1.29 is 17.9 Å². The standard InChI is InChI=1S/C18H22N2O4S/c1-13(12-24-2)19-17(21)10-5-11-20-15-8-3-6-14-7-4-9-16(18(14)15)25(20,22)23/h3-4,6-9,13H,5,10-12H2,1-2H3,(H,19,21)/t13-/m0/s1. The topological polar surface area (TPSA) is 75.7 Å². The molecule has 0 radical (unpaired) electrons. The molecule has 0 saturated carbocycles. The second-order valence-electron chi connectivity index (χ2n) is 6.24. The van der Waals surface area contributed by atoms with Gasteiger partial charge in [-0.05, 0) is 30.9 Å². The number of carbonyl (C=O) groups excluding carboxylic acids is 1. The molecule has 1 amide bonds. The van der Waals surface area contributed by atoms with Crippen LogP contribution in [0.2, 0.25) is 0 Å². The minimum atomic E-state index is -3.55. The molecule has 0 unspecified atom stereocenters. The predicted molar refractivity (Wildman–Crippen MR) is 97.2 cm³/mol. The van der Waals surface area contributed by atoms with Gasteiger partial charge in [-0.15, -0.1) is 0 Å². The van der Waals surface area contributed by atoms with Crippen LogP contribution in [0.3, 0.4) is 0 Å². The summed E-state index contributed by atoms with van der Waals surface area (Å²) in [6, 6.07) is 10.8. The van der Waals surface area contributed by atoms with Gasteiger partial charge in [0, 0.05) is 31.5 Å². The molecule has 1 aliphatic heterocycles. The quantitative estimate of drug-likeness (QED) is 0.820. The molecule has 0 fully saturated rings. The summed E-state index contributed by atoms with van der Waals surface area (Å²) < 4.78 is 32.0. The van der Waals surface area contributed by atoms with Crippen molar-refractivity contribution in [3.05, 3.63) is 36.4 Å². The van der Waals surface area contributed by atoms with Gasteiger partial charge in [0.05, 0.1) is 17.2 Å². The van der Waals surface area contributed by atoms with Gasteiger partial charge < -0.3 is 10.1 Å². The van der Waals surface area contributed by atoms with Crippen LogP contribution in [0.25, 0.3) is 10.8 Å². The number of amides is 1. The van der Waals surface area contributed by atoms with E-state index in [2.05, 4.69) is 5.32 Å². The van der Waals surface area contributed by atoms with Gasteiger partial charge in [-0.1, -0.05) is 24.3 Å². The molecule has 0 saturated heterocycles. The van der Waals surface area contributed by atoms with Gasteiger partial charge in [-0.3, -0.25) is 9.10 Å². The number of anilines is 1. The Morgan fingerprint density at radius 1 is 1.24 bits per heavy atom. The van der Waals surface area contributed by atoms with Gasteiger partial charge >= 0.3 is 0 Å². The summed E-state index contributed by atoms with van der Waals surface area (Å²) in [5, 5.41) is 4.51. The van der Waals surface area contributed by atoms with Gasteiger partial charge in [0.15, 0.2) is 0 Å². The predicted octanol–water partition coefficient (Wildman–Crippen LogP) is 2.28. The SMILES string of the molecule is COC[C@H](C)NC(=O)CCCN1c2cccc3cccc(c23)S1(=O)=O. The van der Waals surface area contributed by atoms with Crippen molar-refractivity contribution in [2.75, 3.05) is 24.6 Å². The third-order valence-electron chi connectivity index (χ3n) is 4.27. The maximum atomic E-state index is 12.8. The highest BCUT2D eigenvalue weighted by Gasteiger charge is 2.34. The van der Waals surface area contributed by atoms with Crippen LogP contribution in [-0.2, 0) is 19.6 Å². The Morgan fingerprint density at radius 3 is 2.68 bits per heavy atom. The van der Waals surface area contributed by atoms with E-state index in [0.29, 0.717) is 23.6 Å². The molecule has 2 aromatic carbocycles. The minimum absolute atomic E-state index is 0.0639. The van der Waals surface area contributed by atoms with Crippen LogP contribution in [0.15, 0.2) is 41.3 Å². The van der Waals surface area contributed by atoms with E-state index in [0.717, 1.165) is 10.8 Å². The molecule has 1 aliphatic rings. The normalized spacial score (nSPS) is 16.2. The Labute approximate surface area is 147 Å². The number of carbonyl (C=O) groups is 1. The maximum Gasteiger partial charge on any atom is 0.265 e. The summed E-state index contributed by atoms with van der Waals surface area (Å²) in [5.74, 6) is -0.100. The zero-order valence-electron chi connectivity index (χ0n) is 14.4. The third-order valence-corrected chi connectivity index (χ3v) is 6.13. The van der Waals surface area contributed by atoms with Gasteiger partial charge in [0.1, 0.15) is 0 Å². The van der Waals surface area contributed by atoms with E-state index >= 15 is 0 Å². The first-order chi connectivity index (χ1) is 11.9. The molecule has 25 heavy (non-hydrogen) atoms. The van der Waals surface area contributed by atoms with E-state index in [1.165, 1.54) is 4.31 Å². The minimum Gasteiger partial charge on any atom is -0.383 e. The van der Waals surface area contributed by atoms with Gasteiger partial charge in [0.25, 0.3) is 10.0 Å². The van der Waals surface area contributed by atoms with Crippen molar-refractivity contribution in [2.24, 2.45) is 0 Å². The van der Waals surface area contributed by atoms with Crippen LogP contribution in [0.4, 0.5) is 5.69 Å². The summed E-state index contributed by atoms with van der Waals surface area (Å²) in [5.41, 5.74) is 0.696. The number of methoxy groups -OCH3 is 1. The summed E-state index contributed by atoms with van der Waals surface area (Å²) in [7, 11) is -1.96. The smallest absolute Gasteiger partial charge is 0.265 e. The number of ether oxygens (including phenoxy) is 1. The Morgan fingerprint density at radius 2 is 1.96 bits per heavy atom. The van der Waals surface area contributed by atoms with Crippen molar-refractivity contribution in [1.29, 1.82) is 0 Å². The van der Waals surface area contributed by atoms with Crippen molar-refractivity contribution in [3.63, 3.8) is 0 Å². The highest BCUT2D eigenvalue weighted by molar-refractivity contribution is 7.93. The fourth-order valence-electron chi connectivity index (χ4n) is 3.22. The van der Waals surface area contributed by atoms with Gasteiger partial charge in [0.2, 0.25) is 5.91 Å². The molecule has 0 aromatic heterocycles. The van der Waals surface area contributed by atoms with E-state index in [1.54, 1.807) is 19.2 Å². The van der Waals surface area contributed by atoms with E-state index in [-0.39, 0.29) is 24.9 Å². The van der Waals surface area contributed by atoms with Crippen LogP contribution in [0, 0.1) is 0 Å². The number of nitrogens with zero attached hydrogens (tertiary/aromatic N) is 1. The summed E-state index contributed by atoms with van der Waals surface area (Å²) in [6.45, 7) is 2.59. The Hall–Kier alpha value is -2.12. The highest BCUT2D eigenvalue weighted by Crippen LogP contribution is 2.41. The average Bonchev–Trinajstić information content (AvgIpc) is 2.78. The Bertz CT molecular complexity index is 890. The fraction of sp³-hybridized carbons (Fsp3) is 0.389. The lowest BCUT2D eigenvalue weighted by atomic mass is 10.1. The third kappa shape index (κ3) is 3.34. The average molecular weight is 362 g/mol. The number of hydrogen-bond donors (Lipinski definition) is 1. The molecule has 7 heteroatoms. The number of benzene rings is 2. The molecule has 0 aliphatic carbocycles. The first-order valence-electron chi connectivity index (χ1n) is 8.28. The molecule has 6 nitrogen and oxygen atoms in total. The second-order valence-corrected chi connectivity index (χ2v) is 8.07. The Kier molecular flexibility index (Phi) is 4.96. The van der Waals surface area contributed by atoms with Crippen LogP contribution in [-0.4, -0.2) is 40.6 Å². The van der Waals surface area contributed by atoms with Gasteiger partial charge in [-0.25, -0.2) is 8.42 Å². The molecular formula is C18H22N2O4S. The zero-order chi connectivity index (χ0) is 18.0. The van der Waals surface area contributed by atoms with Crippen LogP contribution < -0.4 is 9.62 Å². The molecule has 2 aromatic rings. The number of sulfonamides is 1. The fourth-order valence-corrected chi connectivity index (χ4v) is 4.97. The first kappa shape index (κ1) is 17.7. The molecule has 1 N–H and O–H groups in total.